The van der Waals surface area contributed by atoms with E-state index < -0.39 is 5.60 Å². The molecular weight excluding hydrogens is 168 g/mol. The lowest BCUT2D eigenvalue weighted by Crippen LogP contribution is -2.62. The molecule has 1 saturated carbocycles. The zero-order valence-corrected chi connectivity index (χ0v) is 8.22. The summed E-state index contributed by atoms with van der Waals surface area (Å²) < 4.78 is 5.18. The van der Waals surface area contributed by atoms with Crippen molar-refractivity contribution in [3.8, 4) is 0 Å². The van der Waals surface area contributed by atoms with Crippen LogP contribution in [0.3, 0.4) is 0 Å². The summed E-state index contributed by atoms with van der Waals surface area (Å²) in [5.74, 6) is -0.0195. The number of Topliss-reactive ketones (excluding diaryl/α,β-unsaturated/α-hetero) is 1. The summed E-state index contributed by atoms with van der Waals surface area (Å²) in [5.41, 5.74) is -0.727. The topological polar surface area (TPSA) is 43.4 Å². The number of ketones is 1. The van der Waals surface area contributed by atoms with Gasteiger partial charge in [0, 0.05) is 6.42 Å². The third-order valence-corrected chi connectivity index (χ3v) is 3.22. The molecule has 13 heavy (non-hydrogen) atoms. The van der Waals surface area contributed by atoms with E-state index in [1.165, 1.54) is 0 Å². The summed E-state index contributed by atoms with van der Waals surface area (Å²) in [6.45, 7) is 5.65. The normalized spacial score (nSPS) is 41.9. The maximum absolute atomic E-state index is 11.4. The van der Waals surface area contributed by atoms with E-state index in [1.54, 1.807) is 0 Å². The van der Waals surface area contributed by atoms with Gasteiger partial charge in [0.2, 0.25) is 0 Å². The molecular formula is C10H14O3. The Labute approximate surface area is 77.4 Å². The van der Waals surface area contributed by atoms with Gasteiger partial charge in [0.1, 0.15) is 11.4 Å². The summed E-state index contributed by atoms with van der Waals surface area (Å²) in [6.07, 6.45) is 0.934. The summed E-state index contributed by atoms with van der Waals surface area (Å²) in [6, 6.07) is 0. The molecule has 2 atom stereocenters. The first-order valence-corrected chi connectivity index (χ1v) is 4.60. The lowest BCUT2D eigenvalue weighted by atomic mass is 9.52. The number of esters is 1. The van der Waals surface area contributed by atoms with Crippen molar-refractivity contribution in [3.63, 3.8) is 0 Å². The lowest BCUT2D eigenvalue weighted by molar-refractivity contribution is -0.203. The van der Waals surface area contributed by atoms with E-state index in [4.69, 9.17) is 4.74 Å². The molecule has 72 valence electrons. The molecule has 1 saturated heterocycles. The van der Waals surface area contributed by atoms with E-state index in [9.17, 15) is 9.59 Å². The summed E-state index contributed by atoms with van der Waals surface area (Å²) in [5, 5.41) is 0. The second-order valence-electron chi connectivity index (χ2n) is 4.98. The van der Waals surface area contributed by atoms with Gasteiger partial charge in [-0.2, -0.15) is 0 Å². The van der Waals surface area contributed by atoms with Crippen molar-refractivity contribution in [1.82, 2.24) is 0 Å². The molecule has 0 radical (unpaired) electrons. The molecule has 0 aromatic carbocycles. The van der Waals surface area contributed by atoms with Crippen molar-refractivity contribution in [2.24, 2.45) is 11.3 Å². The summed E-state index contributed by atoms with van der Waals surface area (Å²) in [7, 11) is 0. The Hall–Kier alpha value is -0.860. The molecule has 0 spiro atoms. The number of cyclic esters (lactones) is 1. The van der Waals surface area contributed by atoms with Gasteiger partial charge in [0.15, 0.2) is 0 Å². The van der Waals surface area contributed by atoms with E-state index in [2.05, 4.69) is 0 Å². The molecule has 0 N–H and O–H groups in total. The van der Waals surface area contributed by atoms with E-state index in [0.717, 1.165) is 0 Å². The van der Waals surface area contributed by atoms with Crippen molar-refractivity contribution in [2.75, 3.05) is 0 Å². The van der Waals surface area contributed by atoms with Crippen LogP contribution in [-0.2, 0) is 14.3 Å². The summed E-state index contributed by atoms with van der Waals surface area (Å²) >= 11 is 0. The first-order chi connectivity index (χ1) is 5.85. The fourth-order valence-corrected chi connectivity index (χ4v) is 2.97. The van der Waals surface area contributed by atoms with Crippen LogP contribution in [-0.4, -0.2) is 17.4 Å². The van der Waals surface area contributed by atoms with Crippen molar-refractivity contribution in [3.05, 3.63) is 0 Å². The molecule has 1 heterocycles. The van der Waals surface area contributed by atoms with Crippen LogP contribution < -0.4 is 0 Å². The number of fused-ring (bicyclic) bond motifs is 1. The largest absolute Gasteiger partial charge is 0.459 e. The minimum Gasteiger partial charge on any atom is -0.459 e. The van der Waals surface area contributed by atoms with Crippen molar-refractivity contribution >= 4 is 11.8 Å². The van der Waals surface area contributed by atoms with Crippen LogP contribution in [0.2, 0.25) is 0 Å². The quantitative estimate of drug-likeness (QED) is 0.530. The zero-order chi connectivity index (χ0) is 9.85. The van der Waals surface area contributed by atoms with Gasteiger partial charge in [-0.05, 0) is 19.3 Å². The van der Waals surface area contributed by atoms with Crippen LogP contribution in [0.1, 0.15) is 33.6 Å². The van der Waals surface area contributed by atoms with Gasteiger partial charge in [-0.1, -0.05) is 6.92 Å². The van der Waals surface area contributed by atoms with Crippen molar-refractivity contribution < 1.29 is 14.3 Å². The van der Waals surface area contributed by atoms with Gasteiger partial charge in [-0.15, -0.1) is 0 Å². The second kappa shape index (κ2) is 2.14. The number of ether oxygens (including phenoxy) is 1. The van der Waals surface area contributed by atoms with Crippen LogP contribution in [0.4, 0.5) is 0 Å². The molecule has 2 rings (SSSR count). The third-order valence-electron chi connectivity index (χ3n) is 3.22. The van der Waals surface area contributed by atoms with Gasteiger partial charge in [0.05, 0.1) is 12.3 Å². The average molecular weight is 182 g/mol. The van der Waals surface area contributed by atoms with Gasteiger partial charge in [0.25, 0.3) is 0 Å². The van der Waals surface area contributed by atoms with Crippen LogP contribution in [0, 0.1) is 11.3 Å². The predicted octanol–water partition coefficient (Wildman–Crippen LogP) is 1.31. The molecule has 2 aliphatic rings. The minimum absolute atomic E-state index is 0.0855. The van der Waals surface area contributed by atoms with E-state index in [1.807, 2.05) is 20.8 Å². The first kappa shape index (κ1) is 8.73. The Morgan fingerprint density at radius 3 is 2.31 bits per heavy atom. The number of hydrogen-bond acceptors (Lipinski definition) is 3. The molecule has 1 aliphatic heterocycles. The molecule has 2 fully saturated rings. The Kier molecular flexibility index (Phi) is 1.44. The standard InChI is InChI=1S/C10H14O3/c1-9(2)8-6(11)4-10(8,3)5-7(12)13-9/h8H,4-5H2,1-3H3/t8-,10+/m1/s1. The highest BCUT2D eigenvalue weighted by atomic mass is 16.6. The molecule has 0 unspecified atom stereocenters. The Morgan fingerprint density at radius 2 is 1.85 bits per heavy atom. The smallest absolute Gasteiger partial charge is 0.306 e. The summed E-state index contributed by atoms with van der Waals surface area (Å²) in [4.78, 5) is 22.6. The number of hydrogen-bond donors (Lipinski definition) is 0. The van der Waals surface area contributed by atoms with E-state index >= 15 is 0 Å². The lowest BCUT2D eigenvalue weighted by Gasteiger charge is -2.55. The van der Waals surface area contributed by atoms with Crippen molar-refractivity contribution in [1.29, 1.82) is 0 Å². The molecule has 0 bridgehead atoms. The molecule has 3 heteroatoms. The van der Waals surface area contributed by atoms with Crippen LogP contribution >= 0.6 is 0 Å². The molecule has 3 nitrogen and oxygen atoms in total. The van der Waals surface area contributed by atoms with Crippen molar-refractivity contribution in [2.45, 2.75) is 39.2 Å². The van der Waals surface area contributed by atoms with Gasteiger partial charge >= 0.3 is 5.97 Å². The maximum atomic E-state index is 11.4. The first-order valence-electron chi connectivity index (χ1n) is 4.60. The fraction of sp³-hybridized carbons (Fsp3) is 0.800. The van der Waals surface area contributed by atoms with Crippen LogP contribution in [0.5, 0.6) is 0 Å². The molecule has 0 aromatic heterocycles. The van der Waals surface area contributed by atoms with Crippen LogP contribution in [0.15, 0.2) is 0 Å². The number of carbonyl (C=O) groups excluding carboxylic acids is 2. The zero-order valence-electron chi connectivity index (χ0n) is 8.22. The SMILES string of the molecule is CC1(C)OC(=O)C[C@]2(C)CC(=O)[C@H]12. The molecule has 0 aromatic rings. The highest BCUT2D eigenvalue weighted by Gasteiger charge is 2.62. The monoisotopic (exact) mass is 182 g/mol. The maximum Gasteiger partial charge on any atom is 0.306 e. The second-order valence-corrected chi connectivity index (χ2v) is 4.98. The fourth-order valence-electron chi connectivity index (χ4n) is 2.97. The van der Waals surface area contributed by atoms with E-state index in [-0.39, 0.29) is 23.1 Å². The average Bonchev–Trinajstić information content (AvgIpc) is 1.77. The van der Waals surface area contributed by atoms with E-state index in [0.29, 0.717) is 12.8 Å². The predicted molar refractivity (Wildman–Crippen MR) is 46.0 cm³/mol. The highest BCUT2D eigenvalue weighted by molar-refractivity contribution is 5.93. The van der Waals surface area contributed by atoms with Crippen LogP contribution in [0.25, 0.3) is 0 Å². The van der Waals surface area contributed by atoms with Gasteiger partial charge < -0.3 is 4.74 Å². The molecule has 1 aliphatic carbocycles. The number of rotatable bonds is 0. The Morgan fingerprint density at radius 1 is 1.23 bits per heavy atom. The minimum atomic E-state index is -0.598. The third kappa shape index (κ3) is 1.02. The number of carbonyl (C=O) groups is 2. The highest BCUT2D eigenvalue weighted by Crippen LogP contribution is 2.55. The van der Waals surface area contributed by atoms with Gasteiger partial charge in [-0.3, -0.25) is 9.59 Å². The Balaban J connectivity index is 2.34. The van der Waals surface area contributed by atoms with Gasteiger partial charge in [-0.25, -0.2) is 0 Å². The Bertz CT molecular complexity index is 275. The molecule has 0 amide bonds.